The first kappa shape index (κ1) is 15.9. The first-order valence-electron chi connectivity index (χ1n) is 6.07. The topological polar surface area (TPSA) is 62.7 Å². The Balaban J connectivity index is 0.000000557. The maximum Gasteiger partial charge on any atom is 0.228 e. The number of rotatable bonds is 5. The molecule has 0 aromatic carbocycles. The Bertz CT molecular complexity index is 280. The van der Waals surface area contributed by atoms with Crippen LogP contribution in [0, 0.1) is 0 Å². The molecule has 1 rings (SSSR count). The van der Waals surface area contributed by atoms with Crippen molar-refractivity contribution in [2.75, 3.05) is 23.7 Å². The van der Waals surface area contributed by atoms with Gasteiger partial charge in [0.2, 0.25) is 17.2 Å². The fourth-order valence-corrected chi connectivity index (χ4v) is 0.985. The maximum absolute atomic E-state index is 5.68. The van der Waals surface area contributed by atoms with Crippen LogP contribution in [0.1, 0.15) is 40.5 Å². The molecule has 0 atom stereocenters. The lowest BCUT2D eigenvalue weighted by molar-refractivity contribution is 0.886. The quantitative estimate of drug-likeness (QED) is 0.850. The lowest BCUT2D eigenvalue weighted by Crippen LogP contribution is -2.08. The van der Waals surface area contributed by atoms with E-state index in [2.05, 4.69) is 39.4 Å². The van der Waals surface area contributed by atoms with E-state index < -0.39 is 0 Å². The molecule has 0 aliphatic heterocycles. The van der Waals surface area contributed by atoms with E-state index in [1.165, 1.54) is 12.8 Å². The molecule has 1 aromatic heterocycles. The Morgan fingerprint density at radius 1 is 0.824 bits per heavy atom. The van der Waals surface area contributed by atoms with Crippen molar-refractivity contribution in [1.29, 1.82) is 0 Å². The van der Waals surface area contributed by atoms with Crippen LogP contribution >= 0.6 is 11.6 Å². The van der Waals surface area contributed by atoms with Gasteiger partial charge in [-0.2, -0.15) is 15.0 Å². The molecule has 0 bridgehead atoms. The molecule has 0 aliphatic carbocycles. The molecule has 5 nitrogen and oxygen atoms in total. The SMILES string of the molecule is CCCC.CCNc1nc(Cl)nc(NCC)n1. The van der Waals surface area contributed by atoms with Crippen molar-refractivity contribution in [3.8, 4) is 0 Å². The molecule has 17 heavy (non-hydrogen) atoms. The average molecular weight is 260 g/mol. The van der Waals surface area contributed by atoms with Crippen LogP contribution in [0.5, 0.6) is 0 Å². The summed E-state index contributed by atoms with van der Waals surface area (Å²) in [5, 5.41) is 6.12. The van der Waals surface area contributed by atoms with Gasteiger partial charge in [0.05, 0.1) is 0 Å². The molecule has 1 aromatic rings. The summed E-state index contributed by atoms with van der Waals surface area (Å²) in [7, 11) is 0. The number of halogens is 1. The predicted molar refractivity (Wildman–Crippen MR) is 73.7 cm³/mol. The van der Waals surface area contributed by atoms with Gasteiger partial charge in [-0.3, -0.25) is 0 Å². The van der Waals surface area contributed by atoms with Gasteiger partial charge in [0.15, 0.2) is 0 Å². The third-order valence-electron chi connectivity index (χ3n) is 1.78. The summed E-state index contributed by atoms with van der Waals surface area (Å²) in [6.45, 7) is 9.80. The van der Waals surface area contributed by atoms with Crippen LogP contribution in [0.25, 0.3) is 0 Å². The van der Waals surface area contributed by atoms with E-state index in [4.69, 9.17) is 11.6 Å². The van der Waals surface area contributed by atoms with Gasteiger partial charge in [-0.25, -0.2) is 0 Å². The molecule has 2 N–H and O–H groups in total. The van der Waals surface area contributed by atoms with Gasteiger partial charge in [-0.05, 0) is 25.4 Å². The second kappa shape index (κ2) is 10.1. The zero-order valence-electron chi connectivity index (χ0n) is 11.0. The van der Waals surface area contributed by atoms with Gasteiger partial charge >= 0.3 is 0 Å². The summed E-state index contributed by atoms with van der Waals surface area (Å²) in [5.74, 6) is 0.997. The zero-order valence-corrected chi connectivity index (χ0v) is 11.8. The molecule has 0 saturated carbocycles. The van der Waals surface area contributed by atoms with Gasteiger partial charge in [-0.1, -0.05) is 26.7 Å². The number of hydrogen-bond donors (Lipinski definition) is 2. The van der Waals surface area contributed by atoms with Crippen LogP contribution in [-0.4, -0.2) is 28.0 Å². The number of nitrogens with zero attached hydrogens (tertiary/aromatic N) is 3. The van der Waals surface area contributed by atoms with Gasteiger partial charge in [0.1, 0.15) is 0 Å². The Kier molecular flexibility index (Phi) is 9.43. The molecule has 0 unspecified atom stereocenters. The molecule has 1 heterocycles. The van der Waals surface area contributed by atoms with Crippen LogP contribution in [0.2, 0.25) is 5.28 Å². The first-order valence-corrected chi connectivity index (χ1v) is 6.44. The fourth-order valence-electron chi connectivity index (χ4n) is 0.824. The Hall–Kier alpha value is -1.10. The average Bonchev–Trinajstić information content (AvgIpc) is 2.29. The highest BCUT2D eigenvalue weighted by Crippen LogP contribution is 2.08. The molecule has 6 heteroatoms. The van der Waals surface area contributed by atoms with Crippen LogP contribution in [0.15, 0.2) is 0 Å². The minimum Gasteiger partial charge on any atom is -0.354 e. The number of anilines is 2. The molecule has 0 fully saturated rings. The first-order chi connectivity index (χ1) is 8.17. The lowest BCUT2D eigenvalue weighted by atomic mass is 10.4. The maximum atomic E-state index is 5.68. The van der Waals surface area contributed by atoms with Crippen molar-refractivity contribution < 1.29 is 0 Å². The van der Waals surface area contributed by atoms with Crippen LogP contribution in [-0.2, 0) is 0 Å². The second-order valence-electron chi connectivity index (χ2n) is 3.31. The largest absolute Gasteiger partial charge is 0.354 e. The molecular formula is C11H22ClN5. The monoisotopic (exact) mass is 259 g/mol. The predicted octanol–water partition coefficient (Wildman–Crippen LogP) is 3.20. The van der Waals surface area contributed by atoms with E-state index in [-0.39, 0.29) is 5.28 Å². The van der Waals surface area contributed by atoms with E-state index in [9.17, 15) is 0 Å². The van der Waals surface area contributed by atoms with E-state index in [1.807, 2.05) is 13.8 Å². The minimum absolute atomic E-state index is 0.196. The Labute approximate surface area is 108 Å². The Morgan fingerprint density at radius 3 is 1.53 bits per heavy atom. The standard InChI is InChI=1S/C7H12ClN5.C4H10/c1-3-9-6-11-5(8)12-7(13-6)10-4-2;1-3-4-2/h3-4H2,1-2H3,(H2,9,10,11,12,13);3-4H2,1-2H3. The number of hydrogen-bond acceptors (Lipinski definition) is 5. The molecule has 0 spiro atoms. The van der Waals surface area contributed by atoms with Gasteiger partial charge in [0, 0.05) is 13.1 Å². The highest BCUT2D eigenvalue weighted by atomic mass is 35.5. The van der Waals surface area contributed by atoms with Crippen molar-refractivity contribution in [1.82, 2.24) is 15.0 Å². The number of unbranched alkanes of at least 4 members (excludes halogenated alkanes) is 1. The van der Waals surface area contributed by atoms with Gasteiger partial charge in [-0.15, -0.1) is 0 Å². The van der Waals surface area contributed by atoms with Crippen LogP contribution in [0.3, 0.4) is 0 Å². The fraction of sp³-hybridized carbons (Fsp3) is 0.727. The smallest absolute Gasteiger partial charge is 0.228 e. The van der Waals surface area contributed by atoms with Crippen molar-refractivity contribution >= 4 is 23.5 Å². The van der Waals surface area contributed by atoms with Crippen molar-refractivity contribution in [3.05, 3.63) is 5.28 Å². The molecule has 0 radical (unpaired) electrons. The zero-order chi connectivity index (χ0) is 13.1. The minimum atomic E-state index is 0.196. The summed E-state index contributed by atoms with van der Waals surface area (Å²) in [6.07, 6.45) is 2.64. The molecule has 0 amide bonds. The highest BCUT2D eigenvalue weighted by Gasteiger charge is 2.01. The van der Waals surface area contributed by atoms with Crippen molar-refractivity contribution in [2.45, 2.75) is 40.5 Å². The van der Waals surface area contributed by atoms with E-state index >= 15 is 0 Å². The summed E-state index contributed by atoms with van der Waals surface area (Å²) < 4.78 is 0. The third kappa shape index (κ3) is 7.74. The summed E-state index contributed by atoms with van der Waals surface area (Å²) >= 11 is 5.68. The van der Waals surface area contributed by atoms with Crippen LogP contribution < -0.4 is 10.6 Å². The van der Waals surface area contributed by atoms with E-state index in [0.717, 1.165) is 13.1 Å². The summed E-state index contributed by atoms with van der Waals surface area (Å²) in [5.41, 5.74) is 0. The van der Waals surface area contributed by atoms with Crippen LogP contribution in [0.4, 0.5) is 11.9 Å². The highest BCUT2D eigenvalue weighted by molar-refractivity contribution is 6.28. The summed E-state index contributed by atoms with van der Waals surface area (Å²) in [6, 6.07) is 0. The van der Waals surface area contributed by atoms with Gasteiger partial charge < -0.3 is 10.6 Å². The normalized spacial score (nSPS) is 9.24. The third-order valence-corrected chi connectivity index (χ3v) is 1.95. The van der Waals surface area contributed by atoms with E-state index in [0.29, 0.717) is 11.9 Å². The molecule has 0 saturated heterocycles. The molecular weight excluding hydrogens is 238 g/mol. The second-order valence-corrected chi connectivity index (χ2v) is 3.65. The number of nitrogens with one attached hydrogen (secondary N) is 2. The lowest BCUT2D eigenvalue weighted by Gasteiger charge is -2.04. The van der Waals surface area contributed by atoms with Crippen molar-refractivity contribution in [2.24, 2.45) is 0 Å². The Morgan fingerprint density at radius 2 is 1.24 bits per heavy atom. The summed E-state index contributed by atoms with van der Waals surface area (Å²) in [4.78, 5) is 11.9. The van der Waals surface area contributed by atoms with Crippen molar-refractivity contribution in [3.63, 3.8) is 0 Å². The molecule has 98 valence electrons. The van der Waals surface area contributed by atoms with Gasteiger partial charge in [0.25, 0.3) is 0 Å². The number of aromatic nitrogens is 3. The molecule has 0 aliphatic rings. The van der Waals surface area contributed by atoms with E-state index in [1.54, 1.807) is 0 Å².